The highest BCUT2D eigenvalue weighted by Gasteiger charge is 2.07. The van der Waals surface area contributed by atoms with Gasteiger partial charge in [-0.15, -0.1) is 0 Å². The molecule has 0 amide bonds. The van der Waals surface area contributed by atoms with Gasteiger partial charge in [-0.25, -0.2) is 9.78 Å². The zero-order chi connectivity index (χ0) is 13.1. The second-order valence-electron chi connectivity index (χ2n) is 4.04. The number of carbonyl (C=O) groups is 1. The second kappa shape index (κ2) is 4.87. The Balaban J connectivity index is 2.28. The van der Waals surface area contributed by atoms with Crippen molar-refractivity contribution in [2.45, 2.75) is 13.8 Å². The topological polar surface area (TPSA) is 59.4 Å². The Kier molecular flexibility index (Phi) is 3.28. The van der Waals surface area contributed by atoms with Crippen molar-refractivity contribution in [3.8, 4) is 11.6 Å². The molecular weight excluding hydrogens is 230 g/mol. The number of aryl methyl sites for hydroxylation is 2. The molecule has 1 aromatic carbocycles. The van der Waals surface area contributed by atoms with E-state index < -0.39 is 5.97 Å². The molecule has 0 fully saturated rings. The molecule has 18 heavy (non-hydrogen) atoms. The van der Waals surface area contributed by atoms with Crippen molar-refractivity contribution in [3.05, 3.63) is 53.2 Å². The van der Waals surface area contributed by atoms with E-state index in [0.29, 0.717) is 5.75 Å². The summed E-state index contributed by atoms with van der Waals surface area (Å²) >= 11 is 0. The number of aromatic nitrogens is 1. The summed E-state index contributed by atoms with van der Waals surface area (Å²) < 4.78 is 5.58. The first kappa shape index (κ1) is 12.1. The standard InChI is InChI=1S/C14H13NO3/c1-9-6-7-12(10(2)8-9)18-13-5-3-4-11(15-13)14(16)17/h3-8H,1-2H3,(H,16,17). The molecule has 0 radical (unpaired) electrons. The van der Waals surface area contributed by atoms with Crippen molar-refractivity contribution in [1.82, 2.24) is 4.98 Å². The van der Waals surface area contributed by atoms with E-state index in [9.17, 15) is 4.79 Å². The summed E-state index contributed by atoms with van der Waals surface area (Å²) in [5.41, 5.74) is 2.10. The highest BCUT2D eigenvalue weighted by molar-refractivity contribution is 5.85. The highest BCUT2D eigenvalue weighted by atomic mass is 16.5. The Morgan fingerprint density at radius 3 is 2.67 bits per heavy atom. The van der Waals surface area contributed by atoms with Gasteiger partial charge in [-0.2, -0.15) is 0 Å². The number of benzene rings is 1. The Hall–Kier alpha value is -2.36. The lowest BCUT2D eigenvalue weighted by atomic mass is 10.1. The number of rotatable bonds is 3. The Bertz CT molecular complexity index is 593. The van der Waals surface area contributed by atoms with E-state index in [1.807, 2.05) is 32.0 Å². The van der Waals surface area contributed by atoms with Crippen LogP contribution in [0, 0.1) is 13.8 Å². The quantitative estimate of drug-likeness (QED) is 0.899. The minimum Gasteiger partial charge on any atom is -0.477 e. The summed E-state index contributed by atoms with van der Waals surface area (Å²) in [4.78, 5) is 14.7. The molecule has 0 aliphatic heterocycles. The van der Waals surface area contributed by atoms with Crippen LogP contribution in [0.15, 0.2) is 36.4 Å². The fourth-order valence-electron chi connectivity index (χ4n) is 1.62. The second-order valence-corrected chi connectivity index (χ2v) is 4.04. The van der Waals surface area contributed by atoms with Crippen LogP contribution in [-0.4, -0.2) is 16.1 Å². The van der Waals surface area contributed by atoms with Gasteiger partial charge in [-0.05, 0) is 31.5 Å². The summed E-state index contributed by atoms with van der Waals surface area (Å²) in [7, 11) is 0. The third-order valence-corrected chi connectivity index (χ3v) is 2.49. The monoisotopic (exact) mass is 243 g/mol. The molecule has 1 N–H and O–H groups in total. The van der Waals surface area contributed by atoms with Crippen LogP contribution in [0.2, 0.25) is 0 Å². The van der Waals surface area contributed by atoms with Crippen molar-refractivity contribution < 1.29 is 14.6 Å². The zero-order valence-electron chi connectivity index (χ0n) is 10.2. The molecule has 1 aromatic heterocycles. The average molecular weight is 243 g/mol. The minimum absolute atomic E-state index is 0.0303. The summed E-state index contributed by atoms with van der Waals surface area (Å²) in [6.45, 7) is 3.93. The van der Waals surface area contributed by atoms with Crippen LogP contribution in [0.4, 0.5) is 0 Å². The number of aromatic carboxylic acids is 1. The number of hydrogen-bond donors (Lipinski definition) is 1. The van der Waals surface area contributed by atoms with Gasteiger partial charge in [-0.1, -0.05) is 23.8 Å². The van der Waals surface area contributed by atoms with Gasteiger partial charge in [0.1, 0.15) is 5.75 Å². The van der Waals surface area contributed by atoms with E-state index in [1.165, 1.54) is 6.07 Å². The molecule has 0 atom stereocenters. The maximum Gasteiger partial charge on any atom is 0.354 e. The molecular formula is C14H13NO3. The van der Waals surface area contributed by atoms with Crippen LogP contribution in [0.3, 0.4) is 0 Å². The molecule has 0 saturated carbocycles. The van der Waals surface area contributed by atoms with Crippen LogP contribution in [0.5, 0.6) is 11.6 Å². The molecule has 0 bridgehead atoms. The first-order valence-electron chi connectivity index (χ1n) is 5.52. The van der Waals surface area contributed by atoms with Gasteiger partial charge in [0, 0.05) is 6.07 Å². The Morgan fingerprint density at radius 1 is 1.22 bits per heavy atom. The van der Waals surface area contributed by atoms with Gasteiger partial charge in [0.15, 0.2) is 5.69 Å². The van der Waals surface area contributed by atoms with Crippen LogP contribution in [0.25, 0.3) is 0 Å². The van der Waals surface area contributed by atoms with Gasteiger partial charge in [0.05, 0.1) is 0 Å². The summed E-state index contributed by atoms with van der Waals surface area (Å²) in [5.74, 6) is -0.112. The van der Waals surface area contributed by atoms with E-state index in [4.69, 9.17) is 9.84 Å². The lowest BCUT2D eigenvalue weighted by Crippen LogP contribution is -2.01. The van der Waals surface area contributed by atoms with Crippen molar-refractivity contribution in [3.63, 3.8) is 0 Å². The third kappa shape index (κ3) is 2.66. The summed E-state index contributed by atoms with van der Waals surface area (Å²) in [5, 5.41) is 8.85. The number of carboxylic acid groups (broad SMARTS) is 1. The molecule has 0 unspecified atom stereocenters. The molecule has 0 aliphatic carbocycles. The maximum absolute atomic E-state index is 10.8. The minimum atomic E-state index is -1.07. The molecule has 1 heterocycles. The Morgan fingerprint density at radius 2 is 2.00 bits per heavy atom. The predicted octanol–water partition coefficient (Wildman–Crippen LogP) is 3.19. The smallest absolute Gasteiger partial charge is 0.354 e. The van der Waals surface area contributed by atoms with E-state index in [2.05, 4.69) is 4.98 Å². The van der Waals surface area contributed by atoms with Crippen LogP contribution in [-0.2, 0) is 0 Å². The molecule has 0 saturated heterocycles. The summed E-state index contributed by atoms with van der Waals surface area (Å²) in [6, 6.07) is 10.4. The molecule has 0 spiro atoms. The van der Waals surface area contributed by atoms with Gasteiger partial charge in [0.25, 0.3) is 0 Å². The number of ether oxygens (including phenoxy) is 1. The van der Waals surface area contributed by atoms with E-state index >= 15 is 0 Å². The zero-order valence-corrected chi connectivity index (χ0v) is 10.2. The van der Waals surface area contributed by atoms with Crippen LogP contribution < -0.4 is 4.74 Å². The van der Waals surface area contributed by atoms with Crippen molar-refractivity contribution in [1.29, 1.82) is 0 Å². The summed E-state index contributed by atoms with van der Waals surface area (Å²) in [6.07, 6.45) is 0. The normalized spacial score (nSPS) is 10.1. The molecule has 92 valence electrons. The molecule has 4 nitrogen and oxygen atoms in total. The van der Waals surface area contributed by atoms with Crippen molar-refractivity contribution in [2.24, 2.45) is 0 Å². The van der Waals surface area contributed by atoms with Crippen LogP contribution >= 0.6 is 0 Å². The number of carboxylic acids is 1. The van der Waals surface area contributed by atoms with Gasteiger partial charge in [0.2, 0.25) is 5.88 Å². The predicted molar refractivity (Wildman–Crippen MR) is 67.2 cm³/mol. The Labute approximate surface area is 105 Å². The molecule has 2 aromatic rings. The number of hydrogen-bond acceptors (Lipinski definition) is 3. The van der Waals surface area contributed by atoms with Gasteiger partial charge >= 0.3 is 5.97 Å². The van der Waals surface area contributed by atoms with E-state index in [-0.39, 0.29) is 11.6 Å². The lowest BCUT2D eigenvalue weighted by Gasteiger charge is -2.08. The van der Waals surface area contributed by atoms with E-state index in [0.717, 1.165) is 11.1 Å². The van der Waals surface area contributed by atoms with Gasteiger partial charge in [-0.3, -0.25) is 0 Å². The highest BCUT2D eigenvalue weighted by Crippen LogP contribution is 2.24. The maximum atomic E-state index is 10.8. The van der Waals surface area contributed by atoms with E-state index in [1.54, 1.807) is 12.1 Å². The first-order valence-corrected chi connectivity index (χ1v) is 5.52. The molecule has 4 heteroatoms. The van der Waals surface area contributed by atoms with Crippen molar-refractivity contribution in [2.75, 3.05) is 0 Å². The fraction of sp³-hybridized carbons (Fsp3) is 0.143. The average Bonchev–Trinajstić information content (AvgIpc) is 2.33. The molecule has 2 rings (SSSR count). The fourth-order valence-corrected chi connectivity index (χ4v) is 1.62. The largest absolute Gasteiger partial charge is 0.477 e. The number of nitrogens with zero attached hydrogens (tertiary/aromatic N) is 1. The number of pyridine rings is 1. The first-order chi connectivity index (χ1) is 8.56. The molecule has 0 aliphatic rings. The lowest BCUT2D eigenvalue weighted by molar-refractivity contribution is 0.0689. The van der Waals surface area contributed by atoms with Crippen molar-refractivity contribution >= 4 is 5.97 Å². The SMILES string of the molecule is Cc1ccc(Oc2cccc(C(=O)O)n2)c(C)c1. The van der Waals surface area contributed by atoms with Crippen LogP contribution in [0.1, 0.15) is 21.6 Å². The van der Waals surface area contributed by atoms with Gasteiger partial charge < -0.3 is 9.84 Å². The third-order valence-electron chi connectivity index (χ3n) is 2.49.